The van der Waals surface area contributed by atoms with Crippen LogP contribution in [-0.2, 0) is 17.8 Å². The van der Waals surface area contributed by atoms with E-state index in [0.717, 1.165) is 29.8 Å². The Morgan fingerprint density at radius 2 is 1.90 bits per heavy atom. The molecule has 0 radical (unpaired) electrons. The molecule has 0 saturated heterocycles. The summed E-state index contributed by atoms with van der Waals surface area (Å²) in [5.41, 5.74) is 1.33. The summed E-state index contributed by atoms with van der Waals surface area (Å²) in [7, 11) is 0. The zero-order valence-electron chi connectivity index (χ0n) is 13.1. The Morgan fingerprint density at radius 3 is 2.48 bits per heavy atom. The first-order chi connectivity index (χ1) is 10.1. The summed E-state index contributed by atoms with van der Waals surface area (Å²) in [4.78, 5) is 16.4. The molecule has 2 aromatic rings. The SMILES string of the molecule is CCCn1c(CC(CC)(CC)C(=O)O)nc2ccccc21. The molecule has 1 N–H and O–H groups in total. The van der Waals surface area contributed by atoms with Crippen LogP contribution in [0, 0.1) is 5.41 Å². The van der Waals surface area contributed by atoms with Crippen molar-refractivity contribution >= 4 is 17.0 Å². The van der Waals surface area contributed by atoms with Gasteiger partial charge in [-0.25, -0.2) is 4.98 Å². The lowest BCUT2D eigenvalue weighted by molar-refractivity contribution is -0.149. The molecule has 0 amide bonds. The van der Waals surface area contributed by atoms with Crippen LogP contribution in [0.4, 0.5) is 0 Å². The van der Waals surface area contributed by atoms with E-state index in [1.807, 2.05) is 32.0 Å². The maximum absolute atomic E-state index is 11.7. The summed E-state index contributed by atoms with van der Waals surface area (Å²) in [6.45, 7) is 6.90. The van der Waals surface area contributed by atoms with Gasteiger partial charge in [-0.3, -0.25) is 4.79 Å². The molecule has 0 spiro atoms. The molecule has 0 aliphatic heterocycles. The van der Waals surface area contributed by atoms with Crippen molar-refractivity contribution in [3.63, 3.8) is 0 Å². The third-order valence-electron chi connectivity index (χ3n) is 4.48. The third-order valence-corrected chi connectivity index (χ3v) is 4.48. The van der Waals surface area contributed by atoms with Gasteiger partial charge in [-0.05, 0) is 31.4 Å². The van der Waals surface area contributed by atoms with Crippen LogP contribution < -0.4 is 0 Å². The van der Waals surface area contributed by atoms with E-state index in [0.29, 0.717) is 19.3 Å². The molecule has 114 valence electrons. The number of aryl methyl sites for hydroxylation is 1. The van der Waals surface area contributed by atoms with Crippen molar-refractivity contribution < 1.29 is 9.90 Å². The summed E-state index contributed by atoms with van der Waals surface area (Å²) in [5, 5.41) is 9.64. The van der Waals surface area contributed by atoms with E-state index in [-0.39, 0.29) is 0 Å². The Labute approximate surface area is 125 Å². The molecule has 2 rings (SSSR count). The smallest absolute Gasteiger partial charge is 0.310 e. The number of nitrogens with zero attached hydrogens (tertiary/aromatic N) is 2. The Hall–Kier alpha value is -1.84. The Bertz CT molecular complexity index is 627. The number of para-hydroxylation sites is 2. The van der Waals surface area contributed by atoms with Crippen molar-refractivity contribution in [3.05, 3.63) is 30.1 Å². The van der Waals surface area contributed by atoms with Gasteiger partial charge < -0.3 is 9.67 Å². The zero-order chi connectivity index (χ0) is 15.5. The topological polar surface area (TPSA) is 55.1 Å². The Morgan fingerprint density at radius 1 is 1.24 bits per heavy atom. The van der Waals surface area contributed by atoms with Crippen LogP contribution in [0.3, 0.4) is 0 Å². The molecule has 4 nitrogen and oxygen atoms in total. The number of carbonyl (C=O) groups is 1. The van der Waals surface area contributed by atoms with Crippen molar-refractivity contribution in [1.82, 2.24) is 9.55 Å². The predicted molar refractivity (Wildman–Crippen MR) is 84.4 cm³/mol. The van der Waals surface area contributed by atoms with Gasteiger partial charge in [0.15, 0.2) is 0 Å². The quantitative estimate of drug-likeness (QED) is 0.841. The number of carboxylic acid groups (broad SMARTS) is 1. The van der Waals surface area contributed by atoms with Crippen LogP contribution in [0.1, 0.15) is 45.9 Å². The van der Waals surface area contributed by atoms with Crippen LogP contribution in [0.25, 0.3) is 11.0 Å². The van der Waals surface area contributed by atoms with Crippen molar-refractivity contribution in [3.8, 4) is 0 Å². The molecule has 0 unspecified atom stereocenters. The van der Waals surface area contributed by atoms with E-state index in [1.54, 1.807) is 0 Å². The molecule has 21 heavy (non-hydrogen) atoms. The first kappa shape index (κ1) is 15.5. The average molecular weight is 288 g/mol. The molecule has 0 aliphatic carbocycles. The minimum absolute atomic E-state index is 0.490. The van der Waals surface area contributed by atoms with E-state index in [1.165, 1.54) is 0 Å². The van der Waals surface area contributed by atoms with Gasteiger partial charge in [0.2, 0.25) is 0 Å². The van der Waals surface area contributed by atoms with Gasteiger partial charge in [0.25, 0.3) is 0 Å². The third kappa shape index (κ3) is 2.80. The fraction of sp³-hybridized carbons (Fsp3) is 0.529. The highest BCUT2D eigenvalue weighted by Crippen LogP contribution is 2.32. The first-order valence-electron chi connectivity index (χ1n) is 7.75. The van der Waals surface area contributed by atoms with E-state index in [9.17, 15) is 9.90 Å². The molecular formula is C17H24N2O2. The molecule has 1 aromatic heterocycles. The van der Waals surface area contributed by atoms with Crippen LogP contribution in [-0.4, -0.2) is 20.6 Å². The molecule has 0 fully saturated rings. The number of aliphatic carboxylic acids is 1. The number of imidazole rings is 1. The minimum Gasteiger partial charge on any atom is -0.481 e. The highest BCUT2D eigenvalue weighted by atomic mass is 16.4. The minimum atomic E-state index is -0.720. The molecule has 0 atom stereocenters. The average Bonchev–Trinajstić information content (AvgIpc) is 2.83. The van der Waals surface area contributed by atoms with Gasteiger partial charge in [-0.15, -0.1) is 0 Å². The molecule has 1 heterocycles. The summed E-state index contributed by atoms with van der Waals surface area (Å²) in [6.07, 6.45) is 2.73. The number of benzene rings is 1. The van der Waals surface area contributed by atoms with Crippen LogP contribution >= 0.6 is 0 Å². The highest BCUT2D eigenvalue weighted by molar-refractivity contribution is 5.77. The number of carboxylic acids is 1. The molecule has 0 aliphatic rings. The number of rotatable bonds is 7. The highest BCUT2D eigenvalue weighted by Gasteiger charge is 2.36. The standard InChI is InChI=1S/C17H24N2O2/c1-4-11-19-14-10-8-7-9-13(14)18-15(19)12-17(5-2,6-3)16(20)21/h7-10H,4-6,11-12H2,1-3H3,(H,20,21). The molecule has 4 heteroatoms. The van der Waals surface area contributed by atoms with Crippen molar-refractivity contribution in [2.45, 2.75) is 53.0 Å². The second-order valence-electron chi connectivity index (χ2n) is 5.64. The molecule has 1 aromatic carbocycles. The van der Waals surface area contributed by atoms with Crippen molar-refractivity contribution in [1.29, 1.82) is 0 Å². The maximum Gasteiger partial charge on any atom is 0.310 e. The second-order valence-corrected chi connectivity index (χ2v) is 5.64. The van der Waals surface area contributed by atoms with E-state index >= 15 is 0 Å². The monoisotopic (exact) mass is 288 g/mol. The number of hydrogen-bond acceptors (Lipinski definition) is 2. The van der Waals surface area contributed by atoms with Crippen molar-refractivity contribution in [2.75, 3.05) is 0 Å². The van der Waals surface area contributed by atoms with Gasteiger partial charge in [0.1, 0.15) is 5.82 Å². The fourth-order valence-electron chi connectivity index (χ4n) is 2.91. The summed E-state index contributed by atoms with van der Waals surface area (Å²) in [6, 6.07) is 8.02. The lowest BCUT2D eigenvalue weighted by Crippen LogP contribution is -2.33. The van der Waals surface area contributed by atoms with Gasteiger partial charge in [0.05, 0.1) is 16.4 Å². The lowest BCUT2D eigenvalue weighted by Gasteiger charge is -2.26. The summed E-state index contributed by atoms with van der Waals surface area (Å²) < 4.78 is 2.18. The number of hydrogen-bond donors (Lipinski definition) is 1. The summed E-state index contributed by atoms with van der Waals surface area (Å²) >= 11 is 0. The fourth-order valence-corrected chi connectivity index (χ4v) is 2.91. The molecule has 0 saturated carbocycles. The normalized spacial score (nSPS) is 12.0. The second kappa shape index (κ2) is 6.29. The molecular weight excluding hydrogens is 264 g/mol. The van der Waals surface area contributed by atoms with E-state index < -0.39 is 11.4 Å². The van der Waals surface area contributed by atoms with Crippen LogP contribution in [0.15, 0.2) is 24.3 Å². The Balaban J connectivity index is 2.50. The van der Waals surface area contributed by atoms with Crippen LogP contribution in [0.2, 0.25) is 0 Å². The lowest BCUT2D eigenvalue weighted by atomic mass is 9.79. The molecule has 0 bridgehead atoms. The van der Waals surface area contributed by atoms with E-state index in [2.05, 4.69) is 17.6 Å². The van der Waals surface area contributed by atoms with Gasteiger partial charge in [-0.2, -0.15) is 0 Å². The predicted octanol–water partition coefficient (Wildman–Crippen LogP) is 3.88. The van der Waals surface area contributed by atoms with Gasteiger partial charge in [-0.1, -0.05) is 32.9 Å². The number of aromatic nitrogens is 2. The first-order valence-corrected chi connectivity index (χ1v) is 7.75. The van der Waals surface area contributed by atoms with E-state index in [4.69, 9.17) is 4.98 Å². The zero-order valence-corrected chi connectivity index (χ0v) is 13.1. The van der Waals surface area contributed by atoms with Gasteiger partial charge >= 0.3 is 5.97 Å². The number of fused-ring (bicyclic) bond motifs is 1. The largest absolute Gasteiger partial charge is 0.481 e. The van der Waals surface area contributed by atoms with Crippen LogP contribution in [0.5, 0.6) is 0 Å². The summed E-state index contributed by atoms with van der Waals surface area (Å²) in [5.74, 6) is 0.173. The van der Waals surface area contributed by atoms with Crippen molar-refractivity contribution in [2.24, 2.45) is 5.41 Å². The maximum atomic E-state index is 11.7. The van der Waals surface area contributed by atoms with Gasteiger partial charge in [0, 0.05) is 13.0 Å². The Kier molecular flexibility index (Phi) is 4.66.